The summed E-state index contributed by atoms with van der Waals surface area (Å²) in [6.45, 7) is 0.344. The van der Waals surface area contributed by atoms with Crippen LogP contribution in [0.25, 0.3) is 0 Å². The van der Waals surface area contributed by atoms with Gasteiger partial charge in [0.1, 0.15) is 0 Å². The number of halogens is 2. The number of anilines is 2. The number of carbonyl (C=O) groups is 1. The molecule has 0 atom stereocenters. The van der Waals surface area contributed by atoms with E-state index in [1.807, 2.05) is 0 Å². The Hall–Kier alpha value is -2.67. The van der Waals surface area contributed by atoms with Crippen molar-refractivity contribution in [3.63, 3.8) is 0 Å². The van der Waals surface area contributed by atoms with Gasteiger partial charge >= 0.3 is 0 Å². The van der Waals surface area contributed by atoms with E-state index in [2.05, 4.69) is 5.32 Å². The average Bonchev–Trinajstić information content (AvgIpc) is 3.24. The molecule has 214 valence electrons. The average molecular weight is 627 g/mol. The van der Waals surface area contributed by atoms with Crippen molar-refractivity contribution < 1.29 is 26.7 Å². The largest absolute Gasteiger partial charge is 0.394 e. The molecule has 0 saturated carbocycles. The molecular formula is C27H29Cl2N3O6S2. The monoisotopic (exact) mass is 625 g/mol. The molecule has 1 aliphatic heterocycles. The molecule has 0 unspecified atom stereocenters. The predicted molar refractivity (Wildman–Crippen MR) is 156 cm³/mol. The van der Waals surface area contributed by atoms with Gasteiger partial charge in [-0.2, -0.15) is 4.31 Å². The lowest BCUT2D eigenvalue weighted by atomic mass is 10.2. The summed E-state index contributed by atoms with van der Waals surface area (Å²) in [5, 5.41) is 12.6. The second kappa shape index (κ2) is 12.9. The minimum Gasteiger partial charge on any atom is -0.394 e. The highest BCUT2D eigenvalue weighted by Crippen LogP contribution is 2.31. The Labute approximate surface area is 244 Å². The van der Waals surface area contributed by atoms with Gasteiger partial charge < -0.3 is 10.4 Å². The van der Waals surface area contributed by atoms with Crippen molar-refractivity contribution in [2.24, 2.45) is 0 Å². The SMILES string of the molecule is O=C(Nc1ccc(S(=O)(=O)N(CCO)c2ccc(Cl)c(Cl)c2)cc1)c1ccc(S(=O)(=O)N2CCCCCC2)cc1. The second-order valence-electron chi connectivity index (χ2n) is 9.22. The summed E-state index contributed by atoms with van der Waals surface area (Å²) in [4.78, 5) is 12.9. The lowest BCUT2D eigenvalue weighted by molar-refractivity contribution is 0.102. The van der Waals surface area contributed by atoms with Crippen LogP contribution in [-0.4, -0.2) is 58.4 Å². The summed E-state index contributed by atoms with van der Waals surface area (Å²) in [5.74, 6) is -0.480. The highest BCUT2D eigenvalue weighted by Gasteiger charge is 2.26. The quantitative estimate of drug-likeness (QED) is 0.345. The third kappa shape index (κ3) is 6.79. The number of hydrogen-bond acceptors (Lipinski definition) is 6. The number of benzene rings is 3. The summed E-state index contributed by atoms with van der Waals surface area (Å²) in [6, 6.07) is 15.6. The maximum absolute atomic E-state index is 13.3. The minimum atomic E-state index is -4.08. The third-order valence-electron chi connectivity index (χ3n) is 6.51. The highest BCUT2D eigenvalue weighted by atomic mass is 35.5. The molecular weight excluding hydrogens is 597 g/mol. The van der Waals surface area contributed by atoms with E-state index in [1.165, 1.54) is 71.0 Å². The number of carbonyl (C=O) groups excluding carboxylic acids is 1. The molecule has 0 bridgehead atoms. The van der Waals surface area contributed by atoms with Crippen LogP contribution >= 0.6 is 23.2 Å². The molecule has 9 nitrogen and oxygen atoms in total. The van der Waals surface area contributed by atoms with Crippen molar-refractivity contribution in [2.45, 2.75) is 35.5 Å². The zero-order valence-corrected chi connectivity index (χ0v) is 24.6. The van der Waals surface area contributed by atoms with Gasteiger partial charge in [-0.05, 0) is 79.6 Å². The van der Waals surface area contributed by atoms with Crippen LogP contribution in [0.15, 0.2) is 76.5 Å². The van der Waals surface area contributed by atoms with Gasteiger partial charge in [0.25, 0.3) is 15.9 Å². The van der Waals surface area contributed by atoms with Gasteiger partial charge in [-0.1, -0.05) is 36.0 Å². The van der Waals surface area contributed by atoms with Crippen LogP contribution in [0.2, 0.25) is 10.0 Å². The first-order valence-corrected chi connectivity index (χ1v) is 16.3. The Bertz CT molecular complexity index is 1560. The summed E-state index contributed by atoms with van der Waals surface area (Å²) in [5.41, 5.74) is 0.829. The van der Waals surface area contributed by atoms with E-state index >= 15 is 0 Å². The van der Waals surface area contributed by atoms with Crippen LogP contribution in [0.5, 0.6) is 0 Å². The van der Waals surface area contributed by atoms with Gasteiger partial charge in [-0.3, -0.25) is 9.10 Å². The summed E-state index contributed by atoms with van der Waals surface area (Å²) < 4.78 is 55.1. The first-order chi connectivity index (χ1) is 19.0. The molecule has 1 aliphatic rings. The van der Waals surface area contributed by atoms with Crippen LogP contribution in [0.1, 0.15) is 36.0 Å². The number of nitrogens with zero attached hydrogens (tertiary/aromatic N) is 2. The van der Waals surface area contributed by atoms with Crippen molar-refractivity contribution >= 4 is 60.5 Å². The molecule has 4 rings (SSSR count). The topological polar surface area (TPSA) is 124 Å². The molecule has 3 aromatic rings. The molecule has 1 amide bonds. The number of rotatable bonds is 9. The fourth-order valence-corrected chi connectivity index (χ4v) is 7.63. The van der Waals surface area contributed by atoms with Crippen LogP contribution in [0.4, 0.5) is 11.4 Å². The number of hydrogen-bond donors (Lipinski definition) is 2. The number of aliphatic hydroxyl groups is 1. The zero-order chi connectivity index (χ0) is 28.9. The Balaban J connectivity index is 1.47. The number of amides is 1. The Morgan fingerprint density at radius 2 is 1.43 bits per heavy atom. The van der Waals surface area contributed by atoms with E-state index in [1.54, 1.807) is 0 Å². The van der Waals surface area contributed by atoms with E-state index in [0.717, 1.165) is 30.0 Å². The van der Waals surface area contributed by atoms with Crippen molar-refractivity contribution in [1.29, 1.82) is 0 Å². The van der Waals surface area contributed by atoms with Gasteiger partial charge in [0, 0.05) is 24.3 Å². The first kappa shape index (κ1) is 30.3. The lowest BCUT2D eigenvalue weighted by Gasteiger charge is -2.24. The van der Waals surface area contributed by atoms with E-state index in [-0.39, 0.29) is 37.6 Å². The van der Waals surface area contributed by atoms with Crippen molar-refractivity contribution in [1.82, 2.24) is 4.31 Å². The van der Waals surface area contributed by atoms with Crippen molar-refractivity contribution in [3.05, 3.63) is 82.3 Å². The molecule has 13 heteroatoms. The fraction of sp³-hybridized carbons (Fsp3) is 0.296. The van der Waals surface area contributed by atoms with E-state index in [4.69, 9.17) is 23.2 Å². The first-order valence-electron chi connectivity index (χ1n) is 12.6. The number of aliphatic hydroxyl groups excluding tert-OH is 1. The standard InChI is InChI=1S/C27H29Cl2N3O6S2/c28-25-14-9-22(19-26(25)29)32(17-18-33)40(37,38)24-12-7-21(8-13-24)30-27(34)20-5-10-23(11-6-20)39(35,36)31-15-3-1-2-4-16-31/h5-14,19,33H,1-4,15-18H2,(H,30,34). The van der Waals surface area contributed by atoms with Crippen LogP contribution in [0, 0.1) is 0 Å². The van der Waals surface area contributed by atoms with Gasteiger partial charge in [0.2, 0.25) is 10.0 Å². The molecule has 40 heavy (non-hydrogen) atoms. The summed E-state index contributed by atoms with van der Waals surface area (Å²) in [6.07, 6.45) is 3.68. The molecule has 0 spiro atoms. The van der Waals surface area contributed by atoms with Gasteiger partial charge in [-0.15, -0.1) is 0 Å². The number of sulfonamides is 2. The second-order valence-corrected chi connectivity index (χ2v) is 13.8. The molecule has 1 saturated heterocycles. The Morgan fingerprint density at radius 1 is 0.825 bits per heavy atom. The van der Waals surface area contributed by atoms with E-state index in [0.29, 0.717) is 18.8 Å². The molecule has 0 aromatic heterocycles. The van der Waals surface area contributed by atoms with Crippen LogP contribution in [0.3, 0.4) is 0 Å². The maximum Gasteiger partial charge on any atom is 0.264 e. The molecule has 0 aliphatic carbocycles. The van der Waals surface area contributed by atoms with E-state index < -0.39 is 32.6 Å². The molecule has 2 N–H and O–H groups in total. The van der Waals surface area contributed by atoms with Gasteiger partial charge in [0.15, 0.2) is 0 Å². The lowest BCUT2D eigenvalue weighted by Crippen LogP contribution is -2.33. The fourth-order valence-electron chi connectivity index (χ4n) is 4.37. The Morgan fingerprint density at radius 3 is 2.00 bits per heavy atom. The molecule has 1 fully saturated rings. The smallest absolute Gasteiger partial charge is 0.264 e. The molecule has 0 radical (unpaired) electrons. The summed E-state index contributed by atoms with van der Waals surface area (Å²) in [7, 11) is -7.71. The van der Waals surface area contributed by atoms with Crippen LogP contribution < -0.4 is 9.62 Å². The van der Waals surface area contributed by atoms with Crippen molar-refractivity contribution in [3.8, 4) is 0 Å². The third-order valence-corrected chi connectivity index (χ3v) is 11.0. The highest BCUT2D eigenvalue weighted by molar-refractivity contribution is 7.92. The molecule has 1 heterocycles. The summed E-state index contributed by atoms with van der Waals surface area (Å²) >= 11 is 12.0. The van der Waals surface area contributed by atoms with Gasteiger partial charge in [-0.25, -0.2) is 16.8 Å². The normalized spacial score (nSPS) is 14.9. The molecule has 3 aromatic carbocycles. The van der Waals surface area contributed by atoms with Gasteiger partial charge in [0.05, 0.1) is 38.7 Å². The Kier molecular flexibility index (Phi) is 9.76. The number of nitrogens with one attached hydrogen (secondary N) is 1. The maximum atomic E-state index is 13.3. The van der Waals surface area contributed by atoms with Crippen LogP contribution in [-0.2, 0) is 20.0 Å². The predicted octanol–water partition coefficient (Wildman–Crippen LogP) is 5.00. The zero-order valence-electron chi connectivity index (χ0n) is 21.5. The van der Waals surface area contributed by atoms with Crippen molar-refractivity contribution in [2.75, 3.05) is 35.9 Å². The minimum absolute atomic E-state index is 0.0620. The van der Waals surface area contributed by atoms with E-state index in [9.17, 15) is 26.7 Å².